The smallest absolute Gasteiger partial charge is 0.0722 e. The zero-order valence-electron chi connectivity index (χ0n) is 33.5. The van der Waals surface area contributed by atoms with Crippen LogP contribution in [0.1, 0.15) is 0 Å². The van der Waals surface area contributed by atoms with Gasteiger partial charge in [0.2, 0.25) is 0 Å². The molecule has 0 fully saturated rings. The first-order chi connectivity index (χ1) is 30.7. The Balaban J connectivity index is 0.861. The van der Waals surface area contributed by atoms with E-state index in [-0.39, 0.29) is 0 Å². The van der Waals surface area contributed by atoms with Gasteiger partial charge in [-0.15, -0.1) is 0 Å². The van der Waals surface area contributed by atoms with E-state index < -0.39 is 0 Å². The van der Waals surface area contributed by atoms with Crippen molar-refractivity contribution in [2.24, 2.45) is 0 Å². The van der Waals surface area contributed by atoms with E-state index in [2.05, 4.69) is 221 Å². The van der Waals surface area contributed by atoms with Crippen LogP contribution < -0.4 is 0 Å². The Bertz CT molecular complexity index is 4020. The first-order valence-corrected chi connectivity index (χ1v) is 21.4. The van der Waals surface area contributed by atoms with Crippen molar-refractivity contribution >= 4 is 76.1 Å². The third kappa shape index (κ3) is 4.73. The van der Waals surface area contributed by atoms with Gasteiger partial charge in [-0.3, -0.25) is 0 Å². The van der Waals surface area contributed by atoms with E-state index in [9.17, 15) is 0 Å². The highest BCUT2D eigenvalue weighted by Gasteiger charge is 2.23. The molecular weight excluding hydrogens is 751 g/mol. The molecule has 13 aromatic rings. The lowest BCUT2D eigenvalue weighted by Gasteiger charge is -2.11. The van der Waals surface area contributed by atoms with Gasteiger partial charge >= 0.3 is 0 Å². The van der Waals surface area contributed by atoms with Crippen molar-refractivity contribution in [3.8, 4) is 56.0 Å². The summed E-state index contributed by atoms with van der Waals surface area (Å²) in [4.78, 5) is 5.19. The van der Waals surface area contributed by atoms with Crippen LogP contribution in [0.4, 0.5) is 0 Å². The second kappa shape index (κ2) is 12.6. The normalized spacial score (nSPS) is 12.2. The predicted octanol–water partition coefficient (Wildman–Crippen LogP) is 15.7. The minimum absolute atomic E-state index is 0.993. The number of aromatic nitrogens is 3. The van der Waals surface area contributed by atoms with Crippen LogP contribution in [0, 0.1) is 0 Å². The van der Waals surface area contributed by atoms with Gasteiger partial charge in [0.1, 0.15) is 0 Å². The van der Waals surface area contributed by atoms with Crippen molar-refractivity contribution < 1.29 is 0 Å². The van der Waals surface area contributed by atoms with E-state index in [1.54, 1.807) is 0 Å². The van der Waals surface area contributed by atoms with Crippen molar-refractivity contribution in [3.63, 3.8) is 0 Å². The fraction of sp³-hybridized carbons (Fsp3) is 0. The quantitative estimate of drug-likeness (QED) is 0.174. The summed E-state index contributed by atoms with van der Waals surface area (Å²) < 4.78 is 4.80. The maximum Gasteiger partial charge on any atom is 0.0722 e. The molecular formula is C59H35N3. The van der Waals surface area contributed by atoms with Crippen molar-refractivity contribution in [2.45, 2.75) is 0 Å². The van der Waals surface area contributed by atoms with Crippen LogP contribution >= 0.6 is 0 Å². The molecule has 1 aliphatic rings. The molecule has 0 atom stereocenters. The van der Waals surface area contributed by atoms with Gasteiger partial charge in [0.05, 0.1) is 33.3 Å². The minimum atomic E-state index is 0.993. The van der Waals surface area contributed by atoms with Crippen LogP contribution in [0.25, 0.3) is 132 Å². The molecule has 3 aromatic heterocycles. The number of para-hydroxylation sites is 3. The largest absolute Gasteiger partial charge is 0.309 e. The standard InChI is InChI=1S/C59H35N3/c1-2-11-42(12-3-1)61-55-20-9-7-16-49(55)59-44-29-25-38(31-40(44)26-30-56(59)61)37-21-22-39-34-57-50(33-41(39)32-37)47-15-6-8-19-54(47)62(57)43-27-23-36(24-28-43)53-35-51-46-14-5-4-13-45(46)48-17-10-18-52(60-53)58(48)51/h1-35H. The Hall–Kier alpha value is -8.27. The Kier molecular flexibility index (Phi) is 6.83. The number of rotatable bonds is 4. The Labute approximate surface area is 357 Å². The second-order valence-corrected chi connectivity index (χ2v) is 16.7. The Morgan fingerprint density at radius 2 is 0.919 bits per heavy atom. The van der Waals surface area contributed by atoms with Crippen molar-refractivity contribution in [3.05, 3.63) is 212 Å². The molecule has 0 unspecified atom stereocenters. The molecule has 0 radical (unpaired) electrons. The van der Waals surface area contributed by atoms with Gasteiger partial charge in [-0.05, 0) is 134 Å². The van der Waals surface area contributed by atoms with Gasteiger partial charge in [0.25, 0.3) is 0 Å². The third-order valence-corrected chi connectivity index (χ3v) is 13.4. The molecule has 0 amide bonds. The van der Waals surface area contributed by atoms with Crippen LogP contribution in [0.15, 0.2) is 212 Å². The monoisotopic (exact) mass is 785 g/mol. The molecule has 1 aliphatic carbocycles. The Morgan fingerprint density at radius 3 is 1.76 bits per heavy atom. The summed E-state index contributed by atoms with van der Waals surface area (Å²) in [5, 5.41) is 11.3. The zero-order chi connectivity index (χ0) is 40.5. The molecule has 0 aliphatic heterocycles. The van der Waals surface area contributed by atoms with Gasteiger partial charge < -0.3 is 9.13 Å². The lowest BCUT2D eigenvalue weighted by atomic mass is 9.96. The van der Waals surface area contributed by atoms with E-state index in [1.165, 1.54) is 110 Å². The highest BCUT2D eigenvalue weighted by molar-refractivity contribution is 6.22. The van der Waals surface area contributed by atoms with Gasteiger partial charge in [-0.2, -0.15) is 0 Å². The molecule has 0 saturated carbocycles. The molecule has 0 N–H and O–H groups in total. The minimum Gasteiger partial charge on any atom is -0.309 e. The van der Waals surface area contributed by atoms with Crippen LogP contribution in [-0.2, 0) is 0 Å². The first-order valence-electron chi connectivity index (χ1n) is 21.4. The van der Waals surface area contributed by atoms with Gasteiger partial charge in [0.15, 0.2) is 0 Å². The summed E-state index contributed by atoms with van der Waals surface area (Å²) in [6.07, 6.45) is 0. The lowest BCUT2D eigenvalue weighted by molar-refractivity contribution is 1.18. The summed E-state index contributed by atoms with van der Waals surface area (Å²) >= 11 is 0. The summed E-state index contributed by atoms with van der Waals surface area (Å²) in [5.74, 6) is 0. The van der Waals surface area contributed by atoms with Gasteiger partial charge in [0, 0.05) is 43.9 Å². The number of hydrogen-bond acceptors (Lipinski definition) is 1. The molecule has 10 aromatic carbocycles. The third-order valence-electron chi connectivity index (χ3n) is 13.4. The van der Waals surface area contributed by atoms with Crippen LogP contribution in [-0.4, -0.2) is 14.1 Å². The number of fused-ring (bicyclic) bond motifs is 12. The maximum absolute atomic E-state index is 5.19. The van der Waals surface area contributed by atoms with E-state index in [0.717, 1.165) is 22.5 Å². The zero-order valence-corrected chi connectivity index (χ0v) is 33.5. The van der Waals surface area contributed by atoms with E-state index in [4.69, 9.17) is 4.98 Å². The molecule has 62 heavy (non-hydrogen) atoms. The molecule has 0 saturated heterocycles. The van der Waals surface area contributed by atoms with E-state index >= 15 is 0 Å². The van der Waals surface area contributed by atoms with E-state index in [1.807, 2.05) is 0 Å². The molecule has 3 heteroatoms. The summed E-state index contributed by atoms with van der Waals surface area (Å²) in [6.45, 7) is 0. The predicted molar refractivity (Wildman–Crippen MR) is 261 cm³/mol. The Morgan fingerprint density at radius 1 is 0.290 bits per heavy atom. The molecule has 0 bridgehead atoms. The van der Waals surface area contributed by atoms with Crippen molar-refractivity contribution in [1.29, 1.82) is 0 Å². The average molecular weight is 786 g/mol. The fourth-order valence-electron chi connectivity index (χ4n) is 10.6. The highest BCUT2D eigenvalue weighted by atomic mass is 15.0. The molecule has 0 spiro atoms. The van der Waals surface area contributed by atoms with E-state index in [0.29, 0.717) is 0 Å². The van der Waals surface area contributed by atoms with Gasteiger partial charge in [-0.1, -0.05) is 133 Å². The topological polar surface area (TPSA) is 22.8 Å². The molecule has 3 nitrogen and oxygen atoms in total. The molecule has 14 rings (SSSR count). The first kappa shape index (κ1) is 33.5. The lowest BCUT2D eigenvalue weighted by Crippen LogP contribution is -1.94. The summed E-state index contributed by atoms with van der Waals surface area (Å²) in [7, 11) is 0. The second-order valence-electron chi connectivity index (χ2n) is 16.7. The maximum atomic E-state index is 5.19. The highest BCUT2D eigenvalue weighted by Crippen LogP contribution is 2.48. The molecule has 286 valence electrons. The number of benzene rings is 10. The summed E-state index contributed by atoms with van der Waals surface area (Å²) in [6, 6.07) is 77.9. The SMILES string of the molecule is c1ccc(-n2c3ccccc3c3c4ccc(-c5ccc6cc7c(cc6c5)c5ccccc5n7-c5ccc(-c6cc7c8c(cccc8n6)-c6ccccc6-7)cc5)cc4ccc32)cc1. The number of nitrogens with zero attached hydrogens (tertiary/aromatic N) is 3. The summed E-state index contributed by atoms with van der Waals surface area (Å²) in [5.41, 5.74) is 17.8. The van der Waals surface area contributed by atoms with Crippen molar-refractivity contribution in [1.82, 2.24) is 14.1 Å². The van der Waals surface area contributed by atoms with Crippen LogP contribution in [0.5, 0.6) is 0 Å². The van der Waals surface area contributed by atoms with Crippen LogP contribution in [0.2, 0.25) is 0 Å². The van der Waals surface area contributed by atoms with Crippen molar-refractivity contribution in [2.75, 3.05) is 0 Å². The van der Waals surface area contributed by atoms with Gasteiger partial charge in [-0.25, -0.2) is 4.98 Å². The average Bonchev–Trinajstić information content (AvgIpc) is 3.97. The molecule has 3 heterocycles. The van der Waals surface area contributed by atoms with Crippen LogP contribution in [0.3, 0.4) is 0 Å². The number of hydrogen-bond donors (Lipinski definition) is 0. The fourth-order valence-corrected chi connectivity index (χ4v) is 10.6. The number of pyridine rings is 1.